The lowest BCUT2D eigenvalue weighted by atomic mass is 10.2. The Kier molecular flexibility index (Phi) is 9.40. The number of rotatable bonds is 10. The highest BCUT2D eigenvalue weighted by atomic mass is 35.5. The van der Waals surface area contributed by atoms with E-state index in [1.54, 1.807) is 51.1 Å². The largest absolute Gasteiger partial charge is 0.462 e. The summed E-state index contributed by atoms with van der Waals surface area (Å²) in [6.45, 7) is 1.25. The van der Waals surface area contributed by atoms with Crippen LogP contribution >= 0.6 is 29.8 Å². The van der Waals surface area contributed by atoms with Crippen LogP contribution in [0.2, 0.25) is 0 Å². The first-order chi connectivity index (χ1) is 16.8. The second-order valence-corrected chi connectivity index (χ2v) is 12.8. The molecule has 3 rings (SSSR count). The molecule has 1 aliphatic rings. The number of nitrogens with zero attached hydrogens (tertiary/aromatic N) is 2. The Morgan fingerprint density at radius 1 is 1.33 bits per heavy atom. The molecule has 0 amide bonds. The lowest BCUT2D eigenvalue weighted by molar-refractivity contribution is -0.149. The van der Waals surface area contributed by atoms with Gasteiger partial charge in [-0.1, -0.05) is 41.4 Å². The maximum atomic E-state index is 12.4. The molecule has 0 aliphatic carbocycles. The van der Waals surface area contributed by atoms with Crippen molar-refractivity contribution in [3.05, 3.63) is 53.1 Å². The van der Waals surface area contributed by atoms with E-state index in [-0.39, 0.29) is 18.5 Å². The molecule has 1 fully saturated rings. The Hall–Kier alpha value is -1.76. The molecule has 0 saturated carbocycles. The number of hydrogen-bond donors (Lipinski definition) is 3. The van der Waals surface area contributed by atoms with E-state index in [1.807, 2.05) is 0 Å². The third-order valence-corrected chi connectivity index (χ3v) is 8.24. The monoisotopic (exact) mass is 580 g/mol. The van der Waals surface area contributed by atoms with Gasteiger partial charge >= 0.3 is 18.3 Å². The Morgan fingerprint density at radius 2 is 2.00 bits per heavy atom. The summed E-state index contributed by atoms with van der Waals surface area (Å²) >= 11 is 18.4. The van der Waals surface area contributed by atoms with Crippen LogP contribution in [0.3, 0.4) is 0 Å². The zero-order valence-corrected chi connectivity index (χ0v) is 22.8. The summed E-state index contributed by atoms with van der Waals surface area (Å²) in [6.07, 6.45) is -2.93. The third kappa shape index (κ3) is 6.96. The van der Waals surface area contributed by atoms with E-state index in [1.165, 1.54) is 12.3 Å². The number of ether oxygens (including phenoxy) is 2. The summed E-state index contributed by atoms with van der Waals surface area (Å²) < 4.78 is 21.9. The minimum Gasteiger partial charge on any atom is -0.462 e. The number of nitrogens with one attached hydrogen (secondary N) is 1. The van der Waals surface area contributed by atoms with E-state index in [4.69, 9.17) is 59.3 Å². The van der Waals surface area contributed by atoms with Gasteiger partial charge in [0.15, 0.2) is 10.6 Å². The number of aliphatic hydroxyl groups excluding tert-OH is 1. The maximum absolute atomic E-state index is 12.4. The van der Waals surface area contributed by atoms with Gasteiger partial charge in [0.05, 0.1) is 12.7 Å². The molecule has 2 heterocycles. The van der Waals surface area contributed by atoms with Crippen LogP contribution in [0.5, 0.6) is 5.75 Å². The van der Waals surface area contributed by atoms with Crippen molar-refractivity contribution in [1.29, 1.82) is 0 Å². The van der Waals surface area contributed by atoms with E-state index in [0.717, 1.165) is 4.57 Å². The van der Waals surface area contributed by atoms with Crippen molar-refractivity contribution >= 4 is 53.4 Å². The van der Waals surface area contributed by atoms with Gasteiger partial charge in [0, 0.05) is 6.20 Å². The molecule has 0 bridgehead atoms. The van der Waals surface area contributed by atoms with Crippen LogP contribution in [-0.2, 0) is 30.6 Å². The molecule has 0 spiro atoms. The van der Waals surface area contributed by atoms with Crippen LogP contribution in [0.15, 0.2) is 47.4 Å². The standard InChI is InChI=1S/C21H27Cl2N4O7PS/c1-12(2)32-18(29)13(3)26-35(36,34-14-7-5-4-6-8-14)31-11-15-17(28)21(22,23)19(33-15)27-10-9-16(24)25-20(27)30/h4-10,12-13,15,17,19,28H,11H2,1-3H3,(H,26,36)(H2,24,25,30)/t13-,15-,17-,19-,35-/m1/s1. The predicted molar refractivity (Wildman–Crippen MR) is 138 cm³/mol. The van der Waals surface area contributed by atoms with Crippen molar-refractivity contribution in [3.8, 4) is 5.75 Å². The second kappa shape index (κ2) is 11.7. The van der Waals surface area contributed by atoms with Crippen LogP contribution in [-0.4, -0.2) is 55.9 Å². The SMILES string of the molecule is CC(C)OC(=O)[C@@H](C)N[P@@](=S)(OC[C@H]1O[C@@H](n2ccc(N)nc2=O)C(Cl)(Cl)[C@@H]1O)Oc1ccccc1. The molecule has 0 radical (unpaired) electrons. The van der Waals surface area contributed by atoms with Crippen molar-refractivity contribution in [2.75, 3.05) is 12.3 Å². The average molecular weight is 581 g/mol. The van der Waals surface area contributed by atoms with Gasteiger partial charge in [-0.25, -0.2) is 9.88 Å². The minimum absolute atomic E-state index is 0.000590. The third-order valence-electron chi connectivity index (χ3n) is 4.92. The smallest absolute Gasteiger partial charge is 0.351 e. The van der Waals surface area contributed by atoms with Crippen molar-refractivity contribution in [2.45, 2.75) is 55.7 Å². The van der Waals surface area contributed by atoms with Crippen LogP contribution in [0, 0.1) is 0 Å². The number of nitrogens with two attached hydrogens (primary N) is 1. The number of aromatic nitrogens is 2. The Balaban J connectivity index is 1.79. The summed E-state index contributed by atoms with van der Waals surface area (Å²) in [4.78, 5) is 28.3. The molecule has 1 aromatic heterocycles. The first kappa shape index (κ1) is 28.8. The minimum atomic E-state index is -3.42. The number of carbonyl (C=O) groups is 1. The van der Waals surface area contributed by atoms with Gasteiger partial charge in [-0.3, -0.25) is 9.36 Å². The summed E-state index contributed by atoms with van der Waals surface area (Å²) in [5.74, 6) is -0.154. The summed E-state index contributed by atoms with van der Waals surface area (Å²) in [6, 6.07) is 9.11. The highest BCUT2D eigenvalue weighted by Crippen LogP contribution is 2.49. The van der Waals surface area contributed by atoms with Crippen molar-refractivity contribution in [3.63, 3.8) is 0 Å². The molecule has 1 saturated heterocycles. The number of alkyl halides is 2. The maximum Gasteiger partial charge on any atom is 0.351 e. The zero-order chi connectivity index (χ0) is 26.7. The normalized spacial score (nSPS) is 23.7. The number of aliphatic hydroxyl groups is 1. The molecule has 0 unspecified atom stereocenters. The van der Waals surface area contributed by atoms with Crippen molar-refractivity contribution < 1.29 is 28.4 Å². The molecule has 5 atom stereocenters. The number of esters is 1. The Bertz CT molecular complexity index is 1170. The summed E-state index contributed by atoms with van der Waals surface area (Å²) in [7, 11) is 0. The molecule has 15 heteroatoms. The van der Waals surface area contributed by atoms with E-state index < -0.39 is 47.1 Å². The molecule has 11 nitrogen and oxygen atoms in total. The van der Waals surface area contributed by atoms with Gasteiger partial charge in [-0.05, 0) is 50.8 Å². The summed E-state index contributed by atoms with van der Waals surface area (Å²) in [5.41, 5.74) is 4.76. The molecule has 198 valence electrons. The van der Waals surface area contributed by atoms with Crippen LogP contribution in [0.25, 0.3) is 0 Å². The van der Waals surface area contributed by atoms with E-state index in [9.17, 15) is 14.7 Å². The Labute approximate surface area is 223 Å². The number of halogens is 2. The van der Waals surface area contributed by atoms with Gasteiger partial charge in [0.2, 0.25) is 0 Å². The van der Waals surface area contributed by atoms with Crippen molar-refractivity contribution in [2.24, 2.45) is 0 Å². The number of hydrogen-bond acceptors (Lipinski definition) is 10. The molecule has 2 aromatic rings. The zero-order valence-electron chi connectivity index (χ0n) is 19.6. The molecular formula is C21H27Cl2N4O7PS. The first-order valence-electron chi connectivity index (χ1n) is 10.9. The highest BCUT2D eigenvalue weighted by molar-refractivity contribution is 8.09. The van der Waals surface area contributed by atoms with E-state index >= 15 is 0 Å². The molecule has 36 heavy (non-hydrogen) atoms. The van der Waals surface area contributed by atoms with Crippen LogP contribution in [0.1, 0.15) is 27.0 Å². The first-order valence-corrected chi connectivity index (χ1v) is 14.3. The number of carbonyl (C=O) groups excluding carboxylic acids is 1. The second-order valence-electron chi connectivity index (χ2n) is 8.22. The van der Waals surface area contributed by atoms with Crippen molar-refractivity contribution in [1.82, 2.24) is 14.6 Å². The van der Waals surface area contributed by atoms with Gasteiger partial charge < -0.3 is 29.4 Å². The number of anilines is 1. The fourth-order valence-corrected chi connectivity index (χ4v) is 6.23. The number of nitrogen functional groups attached to an aromatic ring is 1. The lowest BCUT2D eigenvalue weighted by Gasteiger charge is -2.28. The Morgan fingerprint density at radius 3 is 2.61 bits per heavy atom. The number of para-hydroxylation sites is 1. The topological polar surface area (TPSA) is 147 Å². The predicted octanol–water partition coefficient (Wildman–Crippen LogP) is 2.51. The van der Waals surface area contributed by atoms with Crippen LogP contribution < -0.4 is 21.0 Å². The average Bonchev–Trinajstić information content (AvgIpc) is 3.01. The molecule has 1 aromatic carbocycles. The van der Waals surface area contributed by atoms with Gasteiger partial charge in [0.25, 0.3) is 0 Å². The fraction of sp³-hybridized carbons (Fsp3) is 0.476. The van der Waals surface area contributed by atoms with Gasteiger partial charge in [-0.2, -0.15) is 4.98 Å². The molecule has 4 N–H and O–H groups in total. The number of benzene rings is 1. The molecule has 1 aliphatic heterocycles. The molecular weight excluding hydrogens is 554 g/mol. The van der Waals surface area contributed by atoms with E-state index in [2.05, 4.69) is 10.1 Å². The fourth-order valence-electron chi connectivity index (χ4n) is 3.22. The lowest BCUT2D eigenvalue weighted by Crippen LogP contribution is -2.40. The summed E-state index contributed by atoms with van der Waals surface area (Å²) in [5, 5.41) is 13.7. The van der Waals surface area contributed by atoms with Gasteiger partial charge in [-0.15, -0.1) is 0 Å². The van der Waals surface area contributed by atoms with Crippen LogP contribution in [0.4, 0.5) is 5.82 Å². The van der Waals surface area contributed by atoms with Gasteiger partial charge in [0.1, 0.15) is 29.8 Å². The van der Waals surface area contributed by atoms with E-state index in [0.29, 0.717) is 5.75 Å². The quantitative estimate of drug-likeness (QED) is 0.216. The highest BCUT2D eigenvalue weighted by Gasteiger charge is 2.56.